The summed E-state index contributed by atoms with van der Waals surface area (Å²) in [7, 11) is 0. The van der Waals surface area contributed by atoms with Crippen molar-refractivity contribution in [2.45, 2.75) is 65.6 Å². The summed E-state index contributed by atoms with van der Waals surface area (Å²) < 4.78 is 5.12. The Balaban J connectivity index is 1.50. The van der Waals surface area contributed by atoms with E-state index in [4.69, 9.17) is 4.74 Å². The predicted molar refractivity (Wildman–Crippen MR) is 125 cm³/mol. The number of hydrogen-bond donors (Lipinski definition) is 3. The Bertz CT molecular complexity index is 947. The first-order chi connectivity index (χ1) is 16.4. The van der Waals surface area contributed by atoms with Gasteiger partial charge >= 0.3 is 0 Å². The van der Waals surface area contributed by atoms with Crippen molar-refractivity contribution in [2.75, 3.05) is 26.3 Å². The maximum Gasteiger partial charge on any atom is 0.246 e. The van der Waals surface area contributed by atoms with E-state index in [0.29, 0.717) is 32.7 Å². The quantitative estimate of drug-likeness (QED) is 0.468. The highest BCUT2D eigenvalue weighted by Crippen LogP contribution is 2.65. The Hall–Kier alpha value is -2.67. The van der Waals surface area contributed by atoms with Gasteiger partial charge in [0.2, 0.25) is 23.6 Å². The first kappa shape index (κ1) is 25.4. The van der Waals surface area contributed by atoms with Gasteiger partial charge in [0.1, 0.15) is 18.1 Å². The second-order valence-electron chi connectivity index (χ2n) is 12.1. The number of rotatable bonds is 7. The van der Waals surface area contributed by atoms with Gasteiger partial charge in [0.05, 0.1) is 25.2 Å². The van der Waals surface area contributed by atoms with Crippen molar-refractivity contribution in [1.82, 2.24) is 20.9 Å². The summed E-state index contributed by atoms with van der Waals surface area (Å²) in [4.78, 5) is 53.5. The molecular formula is C25H37N5O5. The number of nitriles is 1. The molecule has 4 amide bonds. The maximum absolute atomic E-state index is 13.8. The molecule has 10 heteroatoms. The van der Waals surface area contributed by atoms with E-state index in [0.717, 1.165) is 0 Å². The van der Waals surface area contributed by atoms with Crippen molar-refractivity contribution in [2.24, 2.45) is 34.5 Å². The van der Waals surface area contributed by atoms with E-state index >= 15 is 0 Å². The highest BCUT2D eigenvalue weighted by Gasteiger charge is 2.69. The predicted octanol–water partition coefficient (Wildman–Crippen LogP) is 0.181. The lowest BCUT2D eigenvalue weighted by Crippen LogP contribution is -2.61. The van der Waals surface area contributed by atoms with Gasteiger partial charge in [0, 0.05) is 19.0 Å². The van der Waals surface area contributed by atoms with Crippen LogP contribution in [0.5, 0.6) is 0 Å². The molecule has 35 heavy (non-hydrogen) atoms. The summed E-state index contributed by atoms with van der Waals surface area (Å²) in [5, 5.41) is 18.1. The number of carbonyl (C=O) groups is 4. The summed E-state index contributed by atoms with van der Waals surface area (Å²) in [5.74, 6) is -1.36. The molecule has 0 unspecified atom stereocenters. The van der Waals surface area contributed by atoms with E-state index in [-0.39, 0.29) is 59.1 Å². The Kier molecular flexibility index (Phi) is 6.60. The van der Waals surface area contributed by atoms with E-state index in [1.807, 2.05) is 20.8 Å². The second-order valence-corrected chi connectivity index (χ2v) is 12.1. The minimum atomic E-state index is -0.814. The number of hydrogen-bond acceptors (Lipinski definition) is 6. The fourth-order valence-corrected chi connectivity index (χ4v) is 5.83. The van der Waals surface area contributed by atoms with Gasteiger partial charge in [0.25, 0.3) is 0 Å². The van der Waals surface area contributed by atoms with Gasteiger partial charge in [-0.15, -0.1) is 0 Å². The molecule has 4 rings (SSSR count). The third kappa shape index (κ3) is 4.75. The first-order valence-corrected chi connectivity index (χ1v) is 12.5. The lowest BCUT2D eigenvalue weighted by Gasteiger charge is -2.38. The molecule has 4 aliphatic rings. The molecule has 1 saturated carbocycles. The highest BCUT2D eigenvalue weighted by atomic mass is 16.5. The molecule has 0 aromatic heterocycles. The Labute approximate surface area is 206 Å². The topological polar surface area (TPSA) is 141 Å². The summed E-state index contributed by atoms with van der Waals surface area (Å²) in [6.07, 6.45) is 0.883. The zero-order chi connectivity index (χ0) is 25.7. The van der Waals surface area contributed by atoms with Gasteiger partial charge in [0.15, 0.2) is 0 Å². The van der Waals surface area contributed by atoms with Crippen LogP contribution < -0.4 is 16.0 Å². The summed E-state index contributed by atoms with van der Waals surface area (Å²) >= 11 is 0. The number of likely N-dealkylation sites (tertiary alicyclic amines) is 1. The largest absolute Gasteiger partial charge is 0.380 e. The number of nitrogens with one attached hydrogen (secondary N) is 3. The van der Waals surface area contributed by atoms with E-state index in [1.165, 1.54) is 0 Å². The zero-order valence-electron chi connectivity index (χ0n) is 21.2. The molecule has 0 radical (unpaired) electrons. The molecular weight excluding hydrogens is 450 g/mol. The van der Waals surface area contributed by atoms with Crippen molar-refractivity contribution in [3.63, 3.8) is 0 Å². The minimum absolute atomic E-state index is 0.0167. The molecule has 0 spiro atoms. The number of nitrogens with zero attached hydrogens (tertiary/aromatic N) is 2. The van der Waals surface area contributed by atoms with Crippen LogP contribution in [-0.2, 0) is 23.9 Å². The second kappa shape index (κ2) is 9.08. The Morgan fingerprint density at radius 2 is 1.91 bits per heavy atom. The van der Waals surface area contributed by atoms with Gasteiger partial charge in [-0.1, -0.05) is 34.6 Å². The van der Waals surface area contributed by atoms with Gasteiger partial charge in [-0.2, -0.15) is 5.26 Å². The number of fused-ring (bicyclic) bond motifs is 1. The fourth-order valence-electron chi connectivity index (χ4n) is 5.83. The summed E-state index contributed by atoms with van der Waals surface area (Å²) in [5.41, 5.74) is -0.651. The van der Waals surface area contributed by atoms with Crippen molar-refractivity contribution in [1.29, 1.82) is 5.26 Å². The van der Waals surface area contributed by atoms with Crippen LogP contribution in [-0.4, -0.2) is 73.0 Å². The SMILES string of the molecule is CC(C)(C)[C@H](NC(=O)C1COC1)C(=O)N1C[C@H]2[C@@H]([C@H]1C(=O)N[C@H](C#N)C[C@@H]1CCNC1=O)C2(C)C. The van der Waals surface area contributed by atoms with Gasteiger partial charge < -0.3 is 25.6 Å². The fraction of sp³-hybridized carbons (Fsp3) is 0.800. The third-order valence-corrected chi connectivity index (χ3v) is 8.32. The third-order valence-electron chi connectivity index (χ3n) is 8.32. The number of piperidine rings is 1. The molecule has 1 aliphatic carbocycles. The molecule has 3 N–H and O–H groups in total. The molecule has 0 bridgehead atoms. The molecule has 192 valence electrons. The average molecular weight is 488 g/mol. The summed E-state index contributed by atoms with van der Waals surface area (Å²) in [6.45, 7) is 11.6. The Morgan fingerprint density at radius 1 is 1.23 bits per heavy atom. The van der Waals surface area contributed by atoms with Crippen molar-refractivity contribution in [3.05, 3.63) is 0 Å². The van der Waals surface area contributed by atoms with Crippen molar-refractivity contribution < 1.29 is 23.9 Å². The highest BCUT2D eigenvalue weighted by molar-refractivity contribution is 5.94. The number of ether oxygens (including phenoxy) is 1. The van der Waals surface area contributed by atoms with Crippen molar-refractivity contribution in [3.8, 4) is 6.07 Å². The first-order valence-electron chi connectivity index (χ1n) is 12.5. The van der Waals surface area contributed by atoms with E-state index in [1.54, 1.807) is 4.90 Å². The minimum Gasteiger partial charge on any atom is -0.380 e. The Morgan fingerprint density at radius 3 is 2.43 bits per heavy atom. The molecule has 6 atom stereocenters. The molecule has 4 fully saturated rings. The average Bonchev–Trinajstić information content (AvgIpc) is 3.09. The van der Waals surface area contributed by atoms with Gasteiger partial charge in [-0.3, -0.25) is 19.2 Å². The zero-order valence-corrected chi connectivity index (χ0v) is 21.2. The molecule has 10 nitrogen and oxygen atoms in total. The van der Waals surface area contributed by atoms with Crippen LogP contribution in [0.3, 0.4) is 0 Å². The lowest BCUT2D eigenvalue weighted by atomic mass is 9.84. The maximum atomic E-state index is 13.8. The molecule has 3 aliphatic heterocycles. The van der Waals surface area contributed by atoms with E-state index < -0.39 is 23.5 Å². The van der Waals surface area contributed by atoms with Gasteiger partial charge in [-0.05, 0) is 35.5 Å². The van der Waals surface area contributed by atoms with Crippen LogP contribution in [0.1, 0.15) is 47.5 Å². The van der Waals surface area contributed by atoms with Crippen LogP contribution >= 0.6 is 0 Å². The number of amides is 4. The standard InChI is InChI=1S/C25H37N5O5/c1-24(2,3)19(29-21(32)14-11-35-12-14)23(34)30-10-16-17(25(16,4)5)18(30)22(33)28-15(9-26)8-13-6-7-27-20(13)31/h13-19H,6-8,10-12H2,1-5H3,(H,27,31)(H,28,33)(H,29,32)/t13-,15-,16-,17-,18-,19+/m0/s1. The van der Waals surface area contributed by atoms with E-state index in [2.05, 4.69) is 35.9 Å². The van der Waals surface area contributed by atoms with Crippen LogP contribution in [0.2, 0.25) is 0 Å². The van der Waals surface area contributed by atoms with Gasteiger partial charge in [-0.25, -0.2) is 0 Å². The monoisotopic (exact) mass is 487 g/mol. The molecule has 3 heterocycles. The van der Waals surface area contributed by atoms with Crippen molar-refractivity contribution >= 4 is 23.6 Å². The van der Waals surface area contributed by atoms with Crippen LogP contribution in [0.4, 0.5) is 0 Å². The van der Waals surface area contributed by atoms with Crippen LogP contribution in [0.15, 0.2) is 0 Å². The normalized spacial score (nSPS) is 30.9. The summed E-state index contributed by atoms with van der Waals surface area (Å²) in [6, 6.07) is -0.212. The molecule has 0 aromatic rings. The molecule has 0 aromatic carbocycles. The van der Waals surface area contributed by atoms with E-state index in [9.17, 15) is 24.4 Å². The lowest BCUT2D eigenvalue weighted by molar-refractivity contribution is -0.149. The van der Waals surface area contributed by atoms with Crippen LogP contribution in [0.25, 0.3) is 0 Å². The number of carbonyl (C=O) groups excluding carboxylic acids is 4. The molecule has 3 saturated heterocycles. The van der Waals surface area contributed by atoms with Crippen LogP contribution in [0, 0.1) is 45.8 Å². The smallest absolute Gasteiger partial charge is 0.246 e.